The summed E-state index contributed by atoms with van der Waals surface area (Å²) in [6.07, 6.45) is 0. The van der Waals surface area contributed by atoms with Crippen molar-refractivity contribution in [2.24, 2.45) is 0 Å². The van der Waals surface area contributed by atoms with Gasteiger partial charge in [-0.3, -0.25) is 19.2 Å². The average Bonchev–Trinajstić information content (AvgIpc) is 3.17. The number of carbonyl (C=O) groups is 4. The lowest BCUT2D eigenvalue weighted by Crippen LogP contribution is -2.24. The fraction of sp³-hybridized carbons (Fsp3) is 0.463. The lowest BCUT2D eigenvalue weighted by Gasteiger charge is -2.18. The van der Waals surface area contributed by atoms with Crippen LogP contribution in [0.25, 0.3) is 0 Å². The van der Waals surface area contributed by atoms with Gasteiger partial charge in [0.15, 0.2) is 0 Å². The second-order valence-electron chi connectivity index (χ2n) is 12.8. The third-order valence-electron chi connectivity index (χ3n) is 5.88. The molecule has 0 heterocycles. The maximum absolute atomic E-state index is 10.7. The molecule has 0 fully saturated rings. The molecule has 0 spiro atoms. The van der Waals surface area contributed by atoms with Gasteiger partial charge in [-0.2, -0.15) is 0 Å². The van der Waals surface area contributed by atoms with E-state index in [2.05, 4.69) is 181 Å². The monoisotopic (exact) mass is 1150 g/mol. The van der Waals surface area contributed by atoms with E-state index in [9.17, 15) is 19.2 Å². The molecule has 0 N–H and O–H groups in total. The Bertz CT molecular complexity index is 1420. The Morgan fingerprint density at radius 1 is 0.545 bits per heavy atom. The number of halogens is 6. The molecule has 310 valence electrons. The topological polar surface area (TPSA) is 105 Å². The fourth-order valence-electron chi connectivity index (χ4n) is 3.17. The first kappa shape index (κ1) is 57.7. The zero-order chi connectivity index (χ0) is 42.9. The summed E-state index contributed by atoms with van der Waals surface area (Å²) in [5.41, 5.74) is 6.30. The van der Waals surface area contributed by atoms with Gasteiger partial charge in [0.25, 0.3) is 0 Å². The van der Waals surface area contributed by atoms with Crippen LogP contribution in [0.5, 0.6) is 0 Å². The van der Waals surface area contributed by atoms with Crippen LogP contribution < -0.4 is 0 Å². The van der Waals surface area contributed by atoms with Crippen LogP contribution in [0.1, 0.15) is 76.3 Å². The maximum atomic E-state index is 10.7. The number of esters is 4. The van der Waals surface area contributed by atoms with E-state index >= 15 is 0 Å². The Morgan fingerprint density at radius 2 is 0.964 bits per heavy atom. The average molecular weight is 1160 g/mol. The minimum absolute atomic E-state index is 0.206. The van der Waals surface area contributed by atoms with Gasteiger partial charge in [-0.25, -0.2) is 0 Å². The quantitative estimate of drug-likeness (QED) is 0.119. The smallest absolute Gasteiger partial charge is 0.317 e. The van der Waals surface area contributed by atoms with Crippen LogP contribution in [0.2, 0.25) is 0 Å². The first-order valence-electron chi connectivity index (χ1n) is 16.9. The molecule has 0 aliphatic heterocycles. The van der Waals surface area contributed by atoms with Crippen LogP contribution in [0.4, 0.5) is 0 Å². The van der Waals surface area contributed by atoms with E-state index in [0.717, 1.165) is 16.2 Å². The molecular weight excluding hydrogens is 1100 g/mol. The first-order valence-corrected chi connectivity index (χ1v) is 23.6. The molecule has 0 aliphatic rings. The minimum atomic E-state index is -0.356. The second kappa shape index (κ2) is 35.6. The molecule has 55 heavy (non-hydrogen) atoms. The van der Waals surface area contributed by atoms with Gasteiger partial charge < -0.3 is 18.9 Å². The fourth-order valence-corrected chi connectivity index (χ4v) is 4.59. The molecule has 3 aromatic rings. The number of ether oxygens (including phenoxy) is 4. The number of carbonyl (C=O) groups excluding carboxylic acids is 4. The van der Waals surface area contributed by atoms with E-state index in [0.29, 0.717) is 18.5 Å². The van der Waals surface area contributed by atoms with Crippen LogP contribution >= 0.6 is 95.6 Å². The van der Waals surface area contributed by atoms with Gasteiger partial charge in [-0.15, -0.1) is 0 Å². The number of hydrogen-bond donors (Lipinski definition) is 0. The van der Waals surface area contributed by atoms with E-state index < -0.39 is 0 Å². The molecule has 0 aliphatic carbocycles. The van der Waals surface area contributed by atoms with Crippen LogP contribution in [-0.2, 0) is 60.8 Å². The lowest BCUT2D eigenvalue weighted by atomic mass is 9.87. The van der Waals surface area contributed by atoms with Crippen molar-refractivity contribution in [1.29, 1.82) is 0 Å². The van der Waals surface area contributed by atoms with Crippen molar-refractivity contribution in [2.45, 2.75) is 83.7 Å². The number of aryl methyl sites for hydroxylation is 1. The van der Waals surface area contributed by atoms with Crippen molar-refractivity contribution in [2.75, 3.05) is 35.0 Å². The van der Waals surface area contributed by atoms with E-state index in [-0.39, 0.29) is 50.9 Å². The van der Waals surface area contributed by atoms with Gasteiger partial charge in [0.05, 0.1) is 13.7 Å². The summed E-state index contributed by atoms with van der Waals surface area (Å²) in [5.74, 6) is -0.904. The summed E-state index contributed by atoms with van der Waals surface area (Å²) in [7, 11) is 1.35. The minimum Gasteiger partial charge on any atom is -0.468 e. The summed E-state index contributed by atoms with van der Waals surface area (Å²) < 4.78 is 18.5. The predicted molar refractivity (Wildman–Crippen MR) is 247 cm³/mol. The number of benzene rings is 3. The number of hydrogen-bond acceptors (Lipinski definition) is 8. The summed E-state index contributed by atoms with van der Waals surface area (Å²) >= 11 is 18.7. The van der Waals surface area contributed by atoms with Gasteiger partial charge in [0, 0.05) is 10.7 Å². The van der Waals surface area contributed by atoms with Crippen LogP contribution in [-0.4, -0.2) is 64.5 Å². The molecule has 0 unspecified atom stereocenters. The number of methoxy groups -OCH3 is 1. The number of rotatable bonds is 9. The summed E-state index contributed by atoms with van der Waals surface area (Å²) in [5, 5.41) is 2.99. The van der Waals surface area contributed by atoms with E-state index in [1.54, 1.807) is 6.92 Å². The van der Waals surface area contributed by atoms with Crippen LogP contribution in [0.3, 0.4) is 0 Å². The van der Waals surface area contributed by atoms with Crippen molar-refractivity contribution in [3.05, 3.63) is 107 Å². The van der Waals surface area contributed by atoms with Crippen LogP contribution in [0, 0.1) is 6.92 Å². The predicted octanol–water partition coefficient (Wildman–Crippen LogP) is 12.1. The van der Waals surface area contributed by atoms with Crippen molar-refractivity contribution in [3.8, 4) is 0 Å². The highest BCUT2D eigenvalue weighted by molar-refractivity contribution is 9.10. The standard InChI is InChI=1S/C11H15Br.C9H9BrO2.C8H9Br.C6H11BrO2.C4H7BrO2.C3H5BrO2/c1-11(2,3)10-6-4-9(8-12)5-7-10;10-6-9(11)12-7-8-4-2-1-3-5-8;1-7-2-4-8(6-9)5-3-7;1-6(2,3)9-5(8)4-7;1-2-7-4(6)3-5;1-6-3(5)2-4/h4-7H,8H2,1-3H3;1-5H,6-7H2;2-5H,6H2,1H3;4H2,1-3H3;2-3H2,1H3;2H2,1H3. The Hall–Kier alpha value is -1.58. The Kier molecular flexibility index (Phi) is 37.3. The lowest BCUT2D eigenvalue weighted by molar-refractivity contribution is -0.151. The highest BCUT2D eigenvalue weighted by atomic mass is 79.9. The Morgan fingerprint density at radius 3 is 1.25 bits per heavy atom. The highest BCUT2D eigenvalue weighted by Gasteiger charge is 2.14. The Labute approximate surface area is 379 Å². The largest absolute Gasteiger partial charge is 0.468 e. The molecule has 14 heteroatoms. The van der Waals surface area contributed by atoms with Crippen molar-refractivity contribution < 1.29 is 38.1 Å². The molecular formula is C41H56Br6O8. The van der Waals surface area contributed by atoms with E-state index in [1.807, 2.05) is 51.1 Å². The molecule has 0 saturated heterocycles. The normalized spacial score (nSPS) is 9.87. The molecule has 0 atom stereocenters. The van der Waals surface area contributed by atoms with Gasteiger partial charge >= 0.3 is 23.9 Å². The zero-order valence-electron chi connectivity index (χ0n) is 33.2. The molecule has 3 aromatic carbocycles. The van der Waals surface area contributed by atoms with Gasteiger partial charge in [0.2, 0.25) is 0 Å². The van der Waals surface area contributed by atoms with Crippen molar-refractivity contribution in [1.82, 2.24) is 0 Å². The third-order valence-corrected chi connectivity index (χ3v) is 9.01. The molecule has 0 bridgehead atoms. The van der Waals surface area contributed by atoms with Crippen molar-refractivity contribution in [3.63, 3.8) is 0 Å². The molecule has 0 amide bonds. The highest BCUT2D eigenvalue weighted by Crippen LogP contribution is 2.22. The number of alkyl halides is 6. The molecule has 0 saturated carbocycles. The van der Waals surface area contributed by atoms with E-state index in [4.69, 9.17) is 9.47 Å². The maximum Gasteiger partial charge on any atom is 0.317 e. The first-order chi connectivity index (χ1) is 25.8. The molecule has 0 aromatic heterocycles. The van der Waals surface area contributed by atoms with E-state index in [1.165, 1.54) is 29.4 Å². The summed E-state index contributed by atoms with van der Waals surface area (Å²) in [6.45, 7) is 16.9. The Balaban J connectivity index is -0.000000600. The summed E-state index contributed by atoms with van der Waals surface area (Å²) in [4.78, 5) is 41.3. The second-order valence-corrected chi connectivity index (χ2v) is 16.2. The zero-order valence-corrected chi connectivity index (χ0v) is 42.7. The summed E-state index contributed by atoms with van der Waals surface area (Å²) in [6, 6.07) is 26.9. The van der Waals surface area contributed by atoms with Gasteiger partial charge in [-0.1, -0.05) is 201 Å². The molecule has 0 radical (unpaired) electrons. The SMILES string of the molecule is CC(C)(C)OC(=O)CBr.CC(C)(C)c1ccc(CBr)cc1.CCOC(=O)CBr.COC(=O)CBr.Cc1ccc(CBr)cc1.O=C(CBr)OCc1ccccc1. The molecule has 8 nitrogen and oxygen atoms in total. The van der Waals surface area contributed by atoms with Crippen LogP contribution in [0.15, 0.2) is 78.9 Å². The third kappa shape index (κ3) is 37.7. The van der Waals surface area contributed by atoms with Gasteiger partial charge in [0.1, 0.15) is 33.5 Å². The molecule has 3 rings (SSSR count). The van der Waals surface area contributed by atoms with Gasteiger partial charge in [-0.05, 0) is 62.3 Å². The van der Waals surface area contributed by atoms with Crippen molar-refractivity contribution >= 4 is 119 Å².